The van der Waals surface area contributed by atoms with Crippen LogP contribution in [0.15, 0.2) is 76.5 Å². The molecule has 1 aliphatic rings. The Labute approximate surface area is 226 Å². The molecule has 3 aromatic rings. The number of fused-ring (bicyclic) bond motifs is 1. The van der Waals surface area contributed by atoms with E-state index in [-0.39, 0.29) is 21.7 Å². The Bertz CT molecular complexity index is 1480. The number of hydrogen-bond donors (Lipinski definition) is 0. The average molecular weight is 555 g/mol. The number of ether oxygens (including phenoxy) is 1. The number of amides is 1. The van der Waals surface area contributed by atoms with E-state index < -0.39 is 16.0 Å². The summed E-state index contributed by atoms with van der Waals surface area (Å²) in [6.07, 6.45) is 3.22. The highest BCUT2D eigenvalue weighted by molar-refractivity contribution is 8.26. The molecule has 1 amide bonds. The van der Waals surface area contributed by atoms with Crippen molar-refractivity contribution >= 4 is 72.7 Å². The van der Waals surface area contributed by atoms with Crippen molar-refractivity contribution in [2.75, 3.05) is 24.5 Å². The summed E-state index contributed by atoms with van der Waals surface area (Å²) in [7, 11) is -2.55. The first-order chi connectivity index (χ1) is 17.7. The molecular formula is C27H26N2O5S3. The minimum atomic E-state index is -3.80. The van der Waals surface area contributed by atoms with Crippen LogP contribution >= 0.6 is 24.0 Å². The Balaban J connectivity index is 1.61. The Morgan fingerprint density at radius 2 is 1.78 bits per heavy atom. The fourth-order valence-electron chi connectivity index (χ4n) is 3.86. The van der Waals surface area contributed by atoms with Gasteiger partial charge in [-0.2, -0.15) is 0 Å². The Hall–Kier alpha value is -3.21. The van der Waals surface area contributed by atoms with Crippen LogP contribution in [0.5, 0.6) is 0 Å². The number of benzene rings is 3. The summed E-state index contributed by atoms with van der Waals surface area (Å²) >= 11 is 6.34. The lowest BCUT2D eigenvalue weighted by Crippen LogP contribution is -2.33. The predicted molar refractivity (Wildman–Crippen MR) is 152 cm³/mol. The molecule has 7 nitrogen and oxygen atoms in total. The maximum absolute atomic E-state index is 13.7. The predicted octanol–water partition coefficient (Wildman–Crippen LogP) is 5.21. The molecule has 1 saturated heterocycles. The molecule has 0 spiro atoms. The van der Waals surface area contributed by atoms with Gasteiger partial charge in [-0.15, -0.1) is 0 Å². The molecule has 4 rings (SSSR count). The first kappa shape index (κ1) is 26.8. The van der Waals surface area contributed by atoms with E-state index in [1.165, 1.54) is 16.3 Å². The molecule has 10 heteroatoms. The number of unbranched alkanes of at least 4 members (excludes halogenated alkanes) is 1. The number of esters is 1. The molecule has 0 aliphatic carbocycles. The minimum Gasteiger partial charge on any atom is -0.468 e. The van der Waals surface area contributed by atoms with Crippen LogP contribution in [-0.4, -0.2) is 49.7 Å². The van der Waals surface area contributed by atoms with Crippen LogP contribution in [0.2, 0.25) is 0 Å². The Morgan fingerprint density at radius 1 is 1.08 bits per heavy atom. The lowest BCUT2D eigenvalue weighted by molar-refractivity contribution is -0.143. The second-order valence-corrected chi connectivity index (χ2v) is 11.9. The van der Waals surface area contributed by atoms with E-state index in [4.69, 9.17) is 12.2 Å². The van der Waals surface area contributed by atoms with E-state index in [9.17, 15) is 18.0 Å². The first-order valence-electron chi connectivity index (χ1n) is 11.7. The molecule has 1 aliphatic heterocycles. The van der Waals surface area contributed by atoms with Crippen LogP contribution in [0, 0.1) is 0 Å². The Morgan fingerprint density at radius 3 is 2.46 bits per heavy atom. The summed E-state index contributed by atoms with van der Waals surface area (Å²) in [6, 6.07) is 19.8. The number of thiocarbonyl (C=S) groups is 1. The molecule has 192 valence electrons. The minimum absolute atomic E-state index is 0.237. The summed E-state index contributed by atoms with van der Waals surface area (Å²) in [5.41, 5.74) is 1.25. The Kier molecular flexibility index (Phi) is 8.31. The van der Waals surface area contributed by atoms with Gasteiger partial charge in [0.1, 0.15) is 10.9 Å². The van der Waals surface area contributed by atoms with E-state index in [0.29, 0.717) is 29.1 Å². The molecule has 1 fully saturated rings. The standard InChI is InChI=1S/C27H26N2O5S3/c1-3-4-15-29(37(32,33)23-14-11-20-7-5-6-8-21(20)17-23)22-12-9-19(10-13-22)16-24-26(31)28(27(35)36-24)18-25(30)34-2/h5-14,16-17H,3-4,15,18H2,1-2H3. The van der Waals surface area contributed by atoms with Gasteiger partial charge in [0.2, 0.25) is 0 Å². The van der Waals surface area contributed by atoms with E-state index in [0.717, 1.165) is 29.0 Å². The largest absolute Gasteiger partial charge is 0.468 e. The van der Waals surface area contributed by atoms with Gasteiger partial charge in [0.05, 0.1) is 22.6 Å². The number of carbonyl (C=O) groups excluding carboxylic acids is 2. The lowest BCUT2D eigenvalue weighted by atomic mass is 10.1. The molecule has 0 unspecified atom stereocenters. The summed E-state index contributed by atoms with van der Waals surface area (Å²) < 4.78 is 33.7. The molecule has 1 heterocycles. The lowest BCUT2D eigenvalue weighted by Gasteiger charge is -2.25. The summed E-state index contributed by atoms with van der Waals surface area (Å²) in [4.78, 5) is 26.1. The van der Waals surface area contributed by atoms with Gasteiger partial charge >= 0.3 is 5.97 Å². The van der Waals surface area contributed by atoms with Crippen LogP contribution in [0.1, 0.15) is 25.3 Å². The van der Waals surface area contributed by atoms with Crippen molar-refractivity contribution in [2.24, 2.45) is 0 Å². The van der Waals surface area contributed by atoms with Gasteiger partial charge in [0.25, 0.3) is 15.9 Å². The smallest absolute Gasteiger partial charge is 0.325 e. The first-order valence-corrected chi connectivity index (χ1v) is 14.3. The van der Waals surface area contributed by atoms with Crippen molar-refractivity contribution in [2.45, 2.75) is 24.7 Å². The van der Waals surface area contributed by atoms with Gasteiger partial charge in [0, 0.05) is 6.54 Å². The van der Waals surface area contributed by atoms with Crippen LogP contribution in [0.25, 0.3) is 16.8 Å². The summed E-state index contributed by atoms with van der Waals surface area (Å²) in [5, 5.41) is 1.83. The highest BCUT2D eigenvalue weighted by atomic mass is 32.2. The molecule has 0 radical (unpaired) electrons. The van der Waals surface area contributed by atoms with E-state index in [1.54, 1.807) is 42.5 Å². The molecule has 0 N–H and O–H groups in total. The van der Waals surface area contributed by atoms with Gasteiger partial charge in [-0.25, -0.2) is 8.42 Å². The quantitative estimate of drug-likeness (QED) is 0.204. The summed E-state index contributed by atoms with van der Waals surface area (Å²) in [6.45, 7) is 2.12. The van der Waals surface area contributed by atoms with Crippen LogP contribution < -0.4 is 4.31 Å². The maximum atomic E-state index is 13.7. The number of anilines is 1. The number of carbonyl (C=O) groups is 2. The van der Waals surface area contributed by atoms with Crippen LogP contribution in [0.4, 0.5) is 5.69 Å². The van der Waals surface area contributed by atoms with Crippen molar-refractivity contribution in [3.8, 4) is 0 Å². The maximum Gasteiger partial charge on any atom is 0.325 e. The van der Waals surface area contributed by atoms with Gasteiger partial charge in [-0.05, 0) is 53.1 Å². The SMILES string of the molecule is CCCCN(c1ccc(C=C2SC(=S)N(CC(=O)OC)C2=O)cc1)S(=O)(=O)c1ccc2ccccc2c1. The second kappa shape index (κ2) is 11.5. The third-order valence-electron chi connectivity index (χ3n) is 5.89. The van der Waals surface area contributed by atoms with E-state index in [1.807, 2.05) is 37.3 Å². The molecule has 0 aromatic heterocycles. The zero-order valence-corrected chi connectivity index (χ0v) is 22.9. The number of methoxy groups -OCH3 is 1. The zero-order chi connectivity index (χ0) is 26.6. The molecule has 0 bridgehead atoms. The number of thioether (sulfide) groups is 1. The van der Waals surface area contributed by atoms with Gasteiger partial charge in [-0.3, -0.25) is 18.8 Å². The normalized spacial score (nSPS) is 15.0. The van der Waals surface area contributed by atoms with Gasteiger partial charge in [-0.1, -0.05) is 79.8 Å². The molecule has 0 saturated carbocycles. The van der Waals surface area contributed by atoms with Crippen molar-refractivity contribution < 1.29 is 22.7 Å². The van der Waals surface area contributed by atoms with Gasteiger partial charge in [0.15, 0.2) is 0 Å². The molecular weight excluding hydrogens is 529 g/mol. The van der Waals surface area contributed by atoms with Crippen molar-refractivity contribution in [1.82, 2.24) is 4.90 Å². The average Bonchev–Trinajstić information content (AvgIpc) is 3.16. The van der Waals surface area contributed by atoms with Crippen LogP contribution in [0.3, 0.4) is 0 Å². The third-order valence-corrected chi connectivity index (χ3v) is 9.09. The number of rotatable bonds is 9. The zero-order valence-electron chi connectivity index (χ0n) is 20.4. The molecule has 37 heavy (non-hydrogen) atoms. The molecule has 3 aromatic carbocycles. The number of nitrogens with zero attached hydrogens (tertiary/aromatic N) is 2. The fourth-order valence-corrected chi connectivity index (χ4v) is 6.66. The third kappa shape index (κ3) is 5.87. The monoisotopic (exact) mass is 554 g/mol. The molecule has 0 atom stereocenters. The van der Waals surface area contributed by atoms with Crippen molar-refractivity contribution in [3.63, 3.8) is 0 Å². The second-order valence-electron chi connectivity index (χ2n) is 8.38. The van der Waals surface area contributed by atoms with Crippen molar-refractivity contribution in [1.29, 1.82) is 0 Å². The van der Waals surface area contributed by atoms with Gasteiger partial charge < -0.3 is 4.74 Å². The highest BCUT2D eigenvalue weighted by Gasteiger charge is 2.33. The van der Waals surface area contributed by atoms with E-state index in [2.05, 4.69) is 4.74 Å². The van der Waals surface area contributed by atoms with Crippen molar-refractivity contribution in [3.05, 3.63) is 77.2 Å². The number of hydrogen-bond acceptors (Lipinski definition) is 7. The fraction of sp³-hybridized carbons (Fsp3) is 0.222. The van der Waals surface area contributed by atoms with E-state index >= 15 is 0 Å². The van der Waals surface area contributed by atoms with Crippen LogP contribution in [-0.2, 0) is 24.3 Å². The topological polar surface area (TPSA) is 84.0 Å². The summed E-state index contributed by atoms with van der Waals surface area (Å²) in [5.74, 6) is -0.922. The number of sulfonamides is 1. The highest BCUT2D eigenvalue weighted by Crippen LogP contribution is 2.33.